The van der Waals surface area contributed by atoms with E-state index in [1.807, 2.05) is 6.92 Å². The molecule has 296 valence electrons. The zero-order valence-corrected chi connectivity index (χ0v) is 37.8. The molecule has 3 aliphatic carbocycles. The summed E-state index contributed by atoms with van der Waals surface area (Å²) < 4.78 is 56.4. The maximum absolute atomic E-state index is 15.6. The molecule has 7 atom stereocenters. The first kappa shape index (κ1) is 44.7. The fraction of sp³-hybridized carbons (Fsp3) is 0.860. The highest BCUT2D eigenvalue weighted by atomic mass is 28.4. The van der Waals surface area contributed by atoms with Crippen LogP contribution in [-0.4, -0.2) is 53.3 Å². The molecule has 0 bridgehead atoms. The van der Waals surface area contributed by atoms with Crippen molar-refractivity contribution in [3.8, 4) is 0 Å². The van der Waals surface area contributed by atoms with Gasteiger partial charge in [0.25, 0.3) is 5.92 Å². The minimum absolute atomic E-state index is 0.0386. The van der Waals surface area contributed by atoms with E-state index in [-0.39, 0.29) is 40.0 Å². The third-order valence-corrected chi connectivity index (χ3v) is 23.1. The lowest BCUT2D eigenvalue weighted by molar-refractivity contribution is -0.264. The summed E-state index contributed by atoms with van der Waals surface area (Å²) in [6, 6.07) is 0. The van der Waals surface area contributed by atoms with Gasteiger partial charge < -0.3 is 18.3 Å². The van der Waals surface area contributed by atoms with Gasteiger partial charge in [-0.15, -0.1) is 0 Å². The van der Waals surface area contributed by atoms with Gasteiger partial charge in [0.2, 0.25) is 0 Å². The lowest BCUT2D eigenvalue weighted by Crippen LogP contribution is -2.49. The molecule has 0 radical (unpaired) electrons. The van der Waals surface area contributed by atoms with Crippen LogP contribution in [0.3, 0.4) is 0 Å². The summed E-state index contributed by atoms with van der Waals surface area (Å²) in [6.45, 7) is 39.5. The summed E-state index contributed by atoms with van der Waals surface area (Å²) in [5.41, 5.74) is 2.44. The topological polar surface area (TPSA) is 36.9 Å². The van der Waals surface area contributed by atoms with Crippen molar-refractivity contribution < 1.29 is 27.1 Å². The van der Waals surface area contributed by atoms with Crippen LogP contribution in [0.15, 0.2) is 35.5 Å². The Morgan fingerprint density at radius 3 is 2.08 bits per heavy atom. The average molecular weight is 753 g/mol. The Morgan fingerprint density at radius 2 is 1.51 bits per heavy atom. The highest BCUT2D eigenvalue weighted by molar-refractivity contribution is 6.74. The minimum Gasteiger partial charge on any atom is -0.413 e. The van der Waals surface area contributed by atoms with Gasteiger partial charge >= 0.3 is 0 Å². The average Bonchev–Trinajstić information content (AvgIpc) is 3.32. The number of allylic oxidation sites excluding steroid dienone is 3. The third kappa shape index (κ3) is 10.4. The second-order valence-corrected chi connectivity index (χ2v) is 29.7. The summed E-state index contributed by atoms with van der Waals surface area (Å²) in [7, 11) is -4.02. The Morgan fingerprint density at radius 1 is 0.922 bits per heavy atom. The summed E-state index contributed by atoms with van der Waals surface area (Å²) in [5.74, 6) is -1.83. The van der Waals surface area contributed by atoms with E-state index < -0.39 is 34.4 Å². The van der Waals surface area contributed by atoms with E-state index in [0.29, 0.717) is 24.9 Å². The molecule has 0 heterocycles. The number of hydrogen-bond donors (Lipinski definition) is 0. The molecule has 3 aliphatic rings. The Bertz CT molecular complexity index is 1260. The highest BCUT2D eigenvalue weighted by Gasteiger charge is 2.53. The van der Waals surface area contributed by atoms with Crippen LogP contribution in [0.25, 0.3) is 0 Å². The van der Waals surface area contributed by atoms with Gasteiger partial charge in [0.15, 0.2) is 22.9 Å². The molecule has 0 amide bonds. The molecule has 3 saturated carbocycles. The number of alkyl halides is 2. The Kier molecular flexibility index (Phi) is 14.2. The van der Waals surface area contributed by atoms with Crippen LogP contribution in [0.5, 0.6) is 0 Å². The number of halogens is 2. The molecule has 0 aliphatic heterocycles. The summed E-state index contributed by atoms with van der Waals surface area (Å²) in [5, 5.41) is 0.241. The molecule has 0 saturated heterocycles. The molecule has 51 heavy (non-hydrogen) atoms. The van der Waals surface area contributed by atoms with Crippen molar-refractivity contribution in [3.05, 3.63) is 35.5 Å². The van der Waals surface area contributed by atoms with E-state index in [4.69, 9.17) is 18.3 Å². The van der Waals surface area contributed by atoms with Gasteiger partial charge in [0.1, 0.15) is 5.60 Å². The zero-order chi connectivity index (χ0) is 39.0. The number of ether oxygens (including phenoxy) is 2. The van der Waals surface area contributed by atoms with Gasteiger partial charge in [0.05, 0.1) is 12.2 Å². The SMILES string of the molecule is C=C1C(=CC=C2CCC[C@]3(C)[C@@H]([C@H](C)CCC(F)(F)C(C)(C)OC(C)OCC)CC[C@@H]23)C[C@H](O[Si](C)(C)C(C)(C)C)C[C@H]1O[Si](C)(C)C(C)(C)C. The number of rotatable bonds is 14. The smallest absolute Gasteiger partial charge is 0.276 e. The van der Waals surface area contributed by atoms with Crippen molar-refractivity contribution in [1.82, 2.24) is 0 Å². The van der Waals surface area contributed by atoms with Crippen molar-refractivity contribution in [2.45, 2.75) is 207 Å². The van der Waals surface area contributed by atoms with Gasteiger partial charge in [-0.2, -0.15) is 0 Å². The zero-order valence-electron chi connectivity index (χ0n) is 35.8. The van der Waals surface area contributed by atoms with Crippen LogP contribution in [0.4, 0.5) is 8.78 Å². The first-order valence-electron chi connectivity index (χ1n) is 20.2. The lowest BCUT2D eigenvalue weighted by Gasteiger charge is -2.46. The standard InChI is InChI=1S/C43H78F2O4Si2/c1-18-46-32(4)47-41(11,12)43(44,45)27-25-30(2)36-23-24-37-33(20-19-26-42(36,37)13)21-22-34-28-35(48-50(14,15)39(5,6)7)29-38(31(34)3)49-51(16,17)40(8,9)10/h21-22,30,32,35-38H,3,18-20,23-29H2,1-2,4-17H3/t30-,32?,35+,36-,37+,38-,42-/m1/s1. The maximum Gasteiger partial charge on any atom is 0.276 e. The molecule has 4 nitrogen and oxygen atoms in total. The van der Waals surface area contributed by atoms with E-state index in [9.17, 15) is 0 Å². The predicted octanol–water partition coefficient (Wildman–Crippen LogP) is 13.4. The van der Waals surface area contributed by atoms with Crippen LogP contribution in [0.1, 0.15) is 141 Å². The van der Waals surface area contributed by atoms with Crippen molar-refractivity contribution >= 4 is 16.6 Å². The van der Waals surface area contributed by atoms with Crippen molar-refractivity contribution in [3.63, 3.8) is 0 Å². The molecule has 3 rings (SSSR count). The second-order valence-electron chi connectivity index (χ2n) is 20.2. The van der Waals surface area contributed by atoms with E-state index in [0.717, 1.165) is 50.5 Å². The van der Waals surface area contributed by atoms with E-state index >= 15 is 8.78 Å². The molecule has 1 unspecified atom stereocenters. The van der Waals surface area contributed by atoms with Crippen LogP contribution >= 0.6 is 0 Å². The fourth-order valence-corrected chi connectivity index (χ4v) is 11.3. The highest BCUT2D eigenvalue weighted by Crippen LogP contribution is 2.60. The van der Waals surface area contributed by atoms with Crippen LogP contribution in [-0.2, 0) is 18.3 Å². The number of fused-ring (bicyclic) bond motifs is 1. The monoisotopic (exact) mass is 753 g/mol. The molecule has 0 aromatic carbocycles. The van der Waals surface area contributed by atoms with Gasteiger partial charge in [-0.3, -0.25) is 0 Å². The molecule has 3 fully saturated rings. The molecular weight excluding hydrogens is 675 g/mol. The van der Waals surface area contributed by atoms with Gasteiger partial charge in [-0.05, 0) is 143 Å². The Hall–Kier alpha value is -0.646. The van der Waals surface area contributed by atoms with Gasteiger partial charge in [-0.25, -0.2) is 8.78 Å². The molecule has 0 aromatic rings. The Balaban J connectivity index is 1.83. The minimum atomic E-state index is -2.95. The maximum atomic E-state index is 15.6. The van der Waals surface area contributed by atoms with Crippen molar-refractivity contribution in [1.29, 1.82) is 0 Å². The first-order valence-corrected chi connectivity index (χ1v) is 26.0. The molecular formula is C43H78F2O4Si2. The third-order valence-electron chi connectivity index (χ3n) is 14.1. The van der Waals surface area contributed by atoms with Crippen LogP contribution in [0, 0.1) is 23.2 Å². The number of hydrogen-bond acceptors (Lipinski definition) is 4. The normalized spacial score (nSPS) is 30.2. The summed E-state index contributed by atoms with van der Waals surface area (Å²) in [6.07, 6.45) is 11.9. The van der Waals surface area contributed by atoms with E-state index in [1.165, 1.54) is 25.0 Å². The largest absolute Gasteiger partial charge is 0.413 e. The second kappa shape index (κ2) is 16.2. The van der Waals surface area contributed by atoms with E-state index in [2.05, 4.69) is 100 Å². The van der Waals surface area contributed by atoms with Crippen LogP contribution in [0.2, 0.25) is 36.3 Å². The molecule has 0 spiro atoms. The quantitative estimate of drug-likeness (QED) is 0.131. The predicted molar refractivity (Wildman–Crippen MR) is 216 cm³/mol. The molecule has 0 aromatic heterocycles. The fourth-order valence-electron chi connectivity index (χ4n) is 8.66. The van der Waals surface area contributed by atoms with Crippen molar-refractivity contribution in [2.75, 3.05) is 6.61 Å². The van der Waals surface area contributed by atoms with Gasteiger partial charge in [-0.1, -0.05) is 79.7 Å². The summed E-state index contributed by atoms with van der Waals surface area (Å²) >= 11 is 0. The lowest BCUT2D eigenvalue weighted by atomic mass is 9.60. The summed E-state index contributed by atoms with van der Waals surface area (Å²) in [4.78, 5) is 0. The van der Waals surface area contributed by atoms with Crippen LogP contribution < -0.4 is 0 Å². The van der Waals surface area contributed by atoms with Crippen molar-refractivity contribution in [2.24, 2.45) is 23.2 Å². The first-order chi connectivity index (χ1) is 23.1. The van der Waals surface area contributed by atoms with E-state index in [1.54, 1.807) is 6.92 Å². The Labute approximate surface area is 315 Å². The van der Waals surface area contributed by atoms with Gasteiger partial charge in [0, 0.05) is 19.4 Å². The molecule has 0 N–H and O–H groups in total. The molecule has 8 heteroatoms.